The summed E-state index contributed by atoms with van der Waals surface area (Å²) >= 11 is 12.0. The Morgan fingerprint density at radius 2 is 2.17 bits per heavy atom. The molecule has 92 valence electrons. The van der Waals surface area contributed by atoms with Crippen molar-refractivity contribution in [3.05, 3.63) is 46.5 Å². The van der Waals surface area contributed by atoms with E-state index < -0.39 is 0 Å². The van der Waals surface area contributed by atoms with Crippen LogP contribution in [0.3, 0.4) is 0 Å². The number of imidazole rings is 1. The summed E-state index contributed by atoms with van der Waals surface area (Å²) in [7, 11) is 0. The Labute approximate surface area is 115 Å². The molecule has 0 amide bonds. The first-order valence-corrected chi connectivity index (χ1v) is 6.53. The van der Waals surface area contributed by atoms with Gasteiger partial charge in [0.25, 0.3) is 0 Å². The molecule has 0 aliphatic heterocycles. The van der Waals surface area contributed by atoms with Crippen LogP contribution in [-0.4, -0.2) is 15.7 Å². The predicted molar refractivity (Wildman–Crippen MR) is 74.0 cm³/mol. The molecule has 0 atom stereocenters. The quantitative estimate of drug-likeness (QED) is 0.839. The van der Waals surface area contributed by atoms with Gasteiger partial charge in [0.05, 0.1) is 16.4 Å². The molecule has 5 heteroatoms. The van der Waals surface area contributed by atoms with Gasteiger partial charge in [-0.05, 0) is 31.0 Å². The second kappa shape index (κ2) is 4.75. The number of aliphatic imine (C=N–C) groups is 1. The molecule has 1 aliphatic rings. The van der Waals surface area contributed by atoms with Crippen molar-refractivity contribution in [3.63, 3.8) is 0 Å². The fraction of sp³-hybridized carbons (Fsp3) is 0.231. The molecule has 0 unspecified atom stereocenters. The van der Waals surface area contributed by atoms with Gasteiger partial charge in [-0.15, -0.1) is 0 Å². The van der Waals surface area contributed by atoms with Crippen molar-refractivity contribution in [1.29, 1.82) is 0 Å². The highest BCUT2D eigenvalue weighted by atomic mass is 35.5. The van der Waals surface area contributed by atoms with Crippen LogP contribution in [0.2, 0.25) is 10.0 Å². The van der Waals surface area contributed by atoms with Crippen LogP contribution in [0.1, 0.15) is 18.7 Å². The first-order valence-electron chi connectivity index (χ1n) is 5.77. The van der Waals surface area contributed by atoms with E-state index in [1.165, 1.54) is 0 Å². The SMILES string of the molecule is Clc1ccc(N=C(c2ncc[nH]2)C2CC2)c(Cl)c1. The molecule has 1 fully saturated rings. The molecule has 1 saturated carbocycles. The molecule has 1 aliphatic carbocycles. The van der Waals surface area contributed by atoms with Crippen molar-refractivity contribution < 1.29 is 0 Å². The van der Waals surface area contributed by atoms with Gasteiger partial charge in [-0.1, -0.05) is 23.2 Å². The van der Waals surface area contributed by atoms with Gasteiger partial charge < -0.3 is 4.98 Å². The third kappa shape index (κ3) is 2.42. The minimum Gasteiger partial charge on any atom is -0.344 e. The topological polar surface area (TPSA) is 41.0 Å². The number of hydrogen-bond acceptors (Lipinski definition) is 2. The summed E-state index contributed by atoms with van der Waals surface area (Å²) in [6.07, 6.45) is 5.85. The lowest BCUT2D eigenvalue weighted by atomic mass is 10.2. The molecule has 18 heavy (non-hydrogen) atoms. The van der Waals surface area contributed by atoms with E-state index in [4.69, 9.17) is 23.2 Å². The van der Waals surface area contributed by atoms with Crippen LogP contribution in [0.25, 0.3) is 0 Å². The summed E-state index contributed by atoms with van der Waals surface area (Å²) in [6, 6.07) is 5.32. The van der Waals surface area contributed by atoms with Gasteiger partial charge in [-0.25, -0.2) is 9.98 Å². The molecular weight excluding hydrogens is 269 g/mol. The van der Waals surface area contributed by atoms with Crippen LogP contribution in [0, 0.1) is 5.92 Å². The van der Waals surface area contributed by atoms with Crippen molar-refractivity contribution in [2.45, 2.75) is 12.8 Å². The Morgan fingerprint density at radius 1 is 1.33 bits per heavy atom. The minimum absolute atomic E-state index is 0.489. The molecular formula is C13H11Cl2N3. The molecule has 0 radical (unpaired) electrons. The number of hydrogen-bond donors (Lipinski definition) is 1. The number of aromatic nitrogens is 2. The van der Waals surface area contributed by atoms with Gasteiger partial charge >= 0.3 is 0 Å². The molecule has 0 bridgehead atoms. The molecule has 0 spiro atoms. The Kier molecular flexibility index (Phi) is 3.10. The zero-order valence-electron chi connectivity index (χ0n) is 9.53. The largest absolute Gasteiger partial charge is 0.344 e. The normalized spacial score (nSPS) is 16.0. The minimum atomic E-state index is 0.489. The monoisotopic (exact) mass is 279 g/mol. The van der Waals surface area contributed by atoms with Crippen LogP contribution >= 0.6 is 23.2 Å². The number of nitrogens with one attached hydrogen (secondary N) is 1. The second-order valence-electron chi connectivity index (χ2n) is 4.30. The van der Waals surface area contributed by atoms with Crippen molar-refractivity contribution in [3.8, 4) is 0 Å². The molecule has 2 aromatic rings. The van der Waals surface area contributed by atoms with E-state index in [0.717, 1.165) is 30.1 Å². The van der Waals surface area contributed by atoms with Gasteiger partial charge in [0.15, 0.2) is 5.82 Å². The van der Waals surface area contributed by atoms with Crippen LogP contribution in [0.15, 0.2) is 35.6 Å². The fourth-order valence-corrected chi connectivity index (χ4v) is 2.25. The zero-order valence-corrected chi connectivity index (χ0v) is 11.0. The van der Waals surface area contributed by atoms with Crippen LogP contribution < -0.4 is 0 Å². The van der Waals surface area contributed by atoms with E-state index in [-0.39, 0.29) is 0 Å². The van der Waals surface area contributed by atoms with Crippen molar-refractivity contribution in [1.82, 2.24) is 9.97 Å². The number of benzene rings is 1. The van der Waals surface area contributed by atoms with E-state index in [1.54, 1.807) is 24.5 Å². The number of nitrogens with zero attached hydrogens (tertiary/aromatic N) is 2. The number of halogens is 2. The van der Waals surface area contributed by atoms with E-state index >= 15 is 0 Å². The van der Waals surface area contributed by atoms with Gasteiger partial charge in [0, 0.05) is 23.3 Å². The molecule has 3 rings (SSSR count). The lowest BCUT2D eigenvalue weighted by molar-refractivity contribution is 1.12. The predicted octanol–water partition coefficient (Wildman–Crippen LogP) is 4.25. The van der Waals surface area contributed by atoms with Gasteiger partial charge in [-0.2, -0.15) is 0 Å². The van der Waals surface area contributed by atoms with Crippen molar-refractivity contribution >= 4 is 34.6 Å². The molecule has 1 aromatic carbocycles. The molecule has 1 N–H and O–H groups in total. The summed E-state index contributed by atoms with van der Waals surface area (Å²) in [5, 5.41) is 1.18. The van der Waals surface area contributed by atoms with Gasteiger partial charge in [0.1, 0.15) is 0 Å². The molecule has 1 heterocycles. The van der Waals surface area contributed by atoms with Crippen LogP contribution in [-0.2, 0) is 0 Å². The first-order chi connectivity index (χ1) is 8.74. The maximum atomic E-state index is 6.14. The van der Waals surface area contributed by atoms with Gasteiger partial charge in [-0.3, -0.25) is 0 Å². The Balaban J connectivity index is 2.02. The Morgan fingerprint density at radius 3 is 2.78 bits per heavy atom. The maximum absolute atomic E-state index is 6.14. The Hall–Kier alpha value is -1.32. The maximum Gasteiger partial charge on any atom is 0.152 e. The summed E-state index contributed by atoms with van der Waals surface area (Å²) in [6.45, 7) is 0. The highest BCUT2D eigenvalue weighted by molar-refractivity contribution is 6.36. The van der Waals surface area contributed by atoms with Crippen LogP contribution in [0.4, 0.5) is 5.69 Å². The highest BCUT2D eigenvalue weighted by Crippen LogP contribution is 2.36. The number of H-pyrrole nitrogens is 1. The summed E-state index contributed by atoms with van der Waals surface area (Å²) < 4.78 is 0. The summed E-state index contributed by atoms with van der Waals surface area (Å²) in [5.41, 5.74) is 1.71. The second-order valence-corrected chi connectivity index (χ2v) is 5.15. The third-order valence-corrected chi connectivity index (χ3v) is 3.39. The highest BCUT2D eigenvalue weighted by Gasteiger charge is 2.30. The first kappa shape index (κ1) is 11.8. The van der Waals surface area contributed by atoms with E-state index in [1.807, 2.05) is 6.07 Å². The smallest absolute Gasteiger partial charge is 0.152 e. The lowest BCUT2D eigenvalue weighted by Gasteiger charge is -2.04. The average molecular weight is 280 g/mol. The van der Waals surface area contributed by atoms with E-state index in [0.29, 0.717) is 16.0 Å². The van der Waals surface area contributed by atoms with Crippen LogP contribution in [0.5, 0.6) is 0 Å². The molecule has 1 aromatic heterocycles. The summed E-state index contributed by atoms with van der Waals surface area (Å²) in [5.74, 6) is 1.31. The zero-order chi connectivity index (χ0) is 12.5. The van der Waals surface area contributed by atoms with Gasteiger partial charge in [0.2, 0.25) is 0 Å². The van der Waals surface area contributed by atoms with E-state index in [2.05, 4.69) is 15.0 Å². The lowest BCUT2D eigenvalue weighted by Crippen LogP contribution is -2.05. The average Bonchev–Trinajstić information content (AvgIpc) is 3.03. The van der Waals surface area contributed by atoms with Crippen molar-refractivity contribution in [2.75, 3.05) is 0 Å². The summed E-state index contributed by atoms with van der Waals surface area (Å²) in [4.78, 5) is 12.0. The standard InChI is InChI=1S/C13H11Cl2N3/c14-9-3-4-11(10(15)7-9)18-12(8-1-2-8)13-16-5-6-17-13/h3-8H,1-2H2,(H,16,17). The number of rotatable bonds is 3. The van der Waals surface area contributed by atoms with Crippen molar-refractivity contribution in [2.24, 2.45) is 10.9 Å². The molecule has 0 saturated heterocycles. The third-order valence-electron chi connectivity index (χ3n) is 2.86. The Bertz CT molecular complexity index is 586. The van der Waals surface area contributed by atoms with E-state index in [9.17, 15) is 0 Å². The molecule has 3 nitrogen and oxygen atoms in total. The number of aromatic amines is 1. The fourth-order valence-electron chi connectivity index (χ4n) is 1.80.